The maximum Gasteiger partial charge on any atom is 0.419 e. The Kier molecular flexibility index (Phi) is 7.52. The fourth-order valence-corrected chi connectivity index (χ4v) is 5.84. The number of carbonyl (C=O) groups excluding carboxylic acids is 1. The van der Waals surface area contributed by atoms with Crippen LogP contribution in [0.3, 0.4) is 0 Å². The van der Waals surface area contributed by atoms with Crippen LogP contribution in [0, 0.1) is 12.7 Å². The molecule has 0 aromatic heterocycles. The predicted molar refractivity (Wildman–Crippen MR) is 128 cm³/mol. The minimum absolute atomic E-state index is 0.0267. The lowest BCUT2D eigenvalue weighted by Gasteiger charge is -2.30. The summed E-state index contributed by atoms with van der Waals surface area (Å²) in [7, 11) is -4.26. The lowest BCUT2D eigenvalue weighted by molar-refractivity contribution is -0.140. The van der Waals surface area contributed by atoms with Gasteiger partial charge in [-0.2, -0.15) is 30.6 Å². The zero-order valence-electron chi connectivity index (χ0n) is 20.3. The van der Waals surface area contributed by atoms with Gasteiger partial charge in [-0.05, 0) is 65.9 Å². The van der Waals surface area contributed by atoms with Crippen molar-refractivity contribution in [2.24, 2.45) is 0 Å². The summed E-state index contributed by atoms with van der Waals surface area (Å²) in [6, 6.07) is 8.97. The summed E-state index contributed by atoms with van der Waals surface area (Å²) >= 11 is 0. The van der Waals surface area contributed by atoms with E-state index in [9.17, 15) is 43.9 Å². The molecule has 3 aromatic rings. The molecule has 1 heterocycles. The van der Waals surface area contributed by atoms with Gasteiger partial charge in [0.1, 0.15) is 5.82 Å². The van der Waals surface area contributed by atoms with E-state index in [0.29, 0.717) is 40.6 Å². The Bertz CT molecular complexity index is 1530. The Labute approximate surface area is 219 Å². The molecule has 0 bridgehead atoms. The molecule has 0 spiro atoms. The van der Waals surface area contributed by atoms with Gasteiger partial charge in [-0.15, -0.1) is 0 Å². The first-order valence-electron chi connectivity index (χ1n) is 11.5. The minimum Gasteiger partial charge on any atom is -0.325 e. The topological polar surface area (TPSA) is 66.5 Å². The van der Waals surface area contributed by atoms with Crippen LogP contribution in [-0.4, -0.2) is 25.2 Å². The highest BCUT2D eigenvalue weighted by Crippen LogP contribution is 2.35. The fourth-order valence-electron chi connectivity index (χ4n) is 4.38. The van der Waals surface area contributed by atoms with Crippen LogP contribution in [0.25, 0.3) is 0 Å². The van der Waals surface area contributed by atoms with Gasteiger partial charge in [0, 0.05) is 18.8 Å². The number of hydrogen-bond acceptors (Lipinski definition) is 3. The van der Waals surface area contributed by atoms with Gasteiger partial charge in [0.25, 0.3) is 0 Å². The highest BCUT2D eigenvalue weighted by Gasteiger charge is 2.35. The third kappa shape index (κ3) is 6.09. The summed E-state index contributed by atoms with van der Waals surface area (Å²) < 4.78 is 119. The number of amides is 1. The largest absolute Gasteiger partial charge is 0.419 e. The van der Waals surface area contributed by atoms with E-state index in [2.05, 4.69) is 5.32 Å². The third-order valence-electron chi connectivity index (χ3n) is 6.34. The molecule has 4 rings (SSSR count). The van der Waals surface area contributed by atoms with Gasteiger partial charge in [-0.25, -0.2) is 12.8 Å². The van der Waals surface area contributed by atoms with Gasteiger partial charge in [0.2, 0.25) is 15.9 Å². The van der Waals surface area contributed by atoms with Crippen LogP contribution in [0.1, 0.15) is 33.4 Å². The van der Waals surface area contributed by atoms with Gasteiger partial charge >= 0.3 is 12.4 Å². The van der Waals surface area contributed by atoms with Crippen LogP contribution in [0.4, 0.5) is 36.4 Å². The number of sulfonamides is 1. The highest BCUT2D eigenvalue weighted by molar-refractivity contribution is 7.89. The number of alkyl halides is 6. The van der Waals surface area contributed by atoms with Crippen molar-refractivity contribution in [3.05, 3.63) is 93.8 Å². The Hall–Kier alpha value is -3.45. The molecule has 39 heavy (non-hydrogen) atoms. The van der Waals surface area contributed by atoms with Gasteiger partial charge < -0.3 is 5.32 Å². The number of fused-ring (bicyclic) bond motifs is 1. The van der Waals surface area contributed by atoms with Gasteiger partial charge in [0.15, 0.2) is 0 Å². The summed E-state index contributed by atoms with van der Waals surface area (Å²) in [5, 5.41) is 2.68. The van der Waals surface area contributed by atoms with Crippen molar-refractivity contribution in [1.82, 2.24) is 4.31 Å². The molecule has 0 fully saturated rings. The van der Waals surface area contributed by atoms with Crippen LogP contribution >= 0.6 is 0 Å². The summed E-state index contributed by atoms with van der Waals surface area (Å²) in [6.45, 7) is 1.47. The zero-order chi connectivity index (χ0) is 28.8. The van der Waals surface area contributed by atoms with Gasteiger partial charge in [-0.1, -0.05) is 24.3 Å². The molecule has 1 amide bonds. The molecule has 13 heteroatoms. The Morgan fingerprint density at radius 2 is 1.69 bits per heavy atom. The SMILES string of the molecule is Cc1ccc2c(c1NC(=O)Cc1ccc(C(F)(F)F)c(F)c1)CCN(S(=O)(=O)c1cccc(C(F)(F)F)c1)C2. The molecule has 1 N–H and O–H groups in total. The van der Waals surface area contributed by atoms with Crippen molar-refractivity contribution < 1.29 is 43.9 Å². The number of aryl methyl sites for hydroxylation is 1. The summed E-state index contributed by atoms with van der Waals surface area (Å²) in [4.78, 5) is 12.2. The van der Waals surface area contributed by atoms with E-state index < -0.39 is 56.5 Å². The van der Waals surface area contributed by atoms with E-state index in [4.69, 9.17) is 0 Å². The van der Waals surface area contributed by atoms with E-state index in [-0.39, 0.29) is 25.1 Å². The van der Waals surface area contributed by atoms with Crippen LogP contribution in [0.15, 0.2) is 59.5 Å². The van der Waals surface area contributed by atoms with Crippen LogP contribution in [0.2, 0.25) is 0 Å². The maximum absolute atomic E-state index is 13.9. The predicted octanol–water partition coefficient (Wildman–Crippen LogP) is 6.10. The van der Waals surface area contributed by atoms with Crippen LogP contribution < -0.4 is 5.32 Å². The van der Waals surface area contributed by atoms with E-state index in [1.54, 1.807) is 19.1 Å². The Morgan fingerprint density at radius 1 is 0.974 bits per heavy atom. The fraction of sp³-hybridized carbons (Fsp3) is 0.269. The normalized spacial score (nSPS) is 14.7. The van der Waals surface area contributed by atoms with Crippen molar-refractivity contribution in [3.63, 3.8) is 0 Å². The molecule has 0 saturated carbocycles. The number of rotatable bonds is 5. The minimum atomic E-state index is -4.87. The summed E-state index contributed by atoms with van der Waals surface area (Å²) in [5.41, 5.74) is -0.329. The summed E-state index contributed by atoms with van der Waals surface area (Å²) in [5.74, 6) is -2.12. The molecule has 0 saturated heterocycles. The molecule has 0 radical (unpaired) electrons. The molecular weight excluding hydrogens is 553 g/mol. The molecule has 1 aliphatic rings. The molecule has 0 atom stereocenters. The monoisotopic (exact) mass is 574 g/mol. The second-order valence-corrected chi connectivity index (χ2v) is 11.0. The smallest absolute Gasteiger partial charge is 0.325 e. The first-order valence-corrected chi connectivity index (χ1v) is 13.0. The van der Waals surface area contributed by atoms with E-state index in [1.165, 1.54) is 0 Å². The number of anilines is 1. The first kappa shape index (κ1) is 28.6. The quantitative estimate of drug-likeness (QED) is 0.375. The van der Waals surface area contributed by atoms with E-state index in [0.717, 1.165) is 28.6 Å². The van der Waals surface area contributed by atoms with Crippen molar-refractivity contribution in [1.29, 1.82) is 0 Å². The number of nitrogens with one attached hydrogen (secondary N) is 1. The van der Waals surface area contributed by atoms with E-state index in [1.807, 2.05) is 0 Å². The number of hydrogen-bond donors (Lipinski definition) is 1. The maximum atomic E-state index is 13.9. The average molecular weight is 575 g/mol. The van der Waals surface area contributed by atoms with Crippen molar-refractivity contribution in [2.75, 3.05) is 11.9 Å². The number of carbonyl (C=O) groups is 1. The Morgan fingerprint density at radius 3 is 2.33 bits per heavy atom. The zero-order valence-corrected chi connectivity index (χ0v) is 21.1. The van der Waals surface area contributed by atoms with E-state index >= 15 is 0 Å². The highest BCUT2D eigenvalue weighted by atomic mass is 32.2. The molecule has 1 aliphatic heterocycles. The molecule has 0 unspecified atom stereocenters. The van der Waals surface area contributed by atoms with Crippen molar-refractivity contribution in [2.45, 2.75) is 43.6 Å². The molecular formula is C26H21F7N2O3S. The Balaban J connectivity index is 1.54. The first-order chi connectivity index (χ1) is 18.1. The number of benzene rings is 3. The van der Waals surface area contributed by atoms with Gasteiger partial charge in [-0.3, -0.25) is 4.79 Å². The summed E-state index contributed by atoms with van der Waals surface area (Å²) in [6.07, 6.45) is -9.85. The lowest BCUT2D eigenvalue weighted by Crippen LogP contribution is -2.36. The van der Waals surface area contributed by atoms with Gasteiger partial charge in [0.05, 0.1) is 22.4 Å². The van der Waals surface area contributed by atoms with Crippen molar-refractivity contribution >= 4 is 21.6 Å². The second kappa shape index (κ2) is 10.3. The molecule has 3 aromatic carbocycles. The standard InChI is InChI=1S/C26H21F7N2O3S/c1-15-5-7-17-14-35(39(37,38)19-4-2-3-18(13-19)25(28,29)30)10-9-20(17)24(15)34-23(36)12-16-6-8-21(22(27)11-16)26(31,32)33/h2-8,11,13H,9-10,12,14H2,1H3,(H,34,36). The van der Waals surface area contributed by atoms with Crippen LogP contribution in [-0.2, 0) is 46.6 Å². The molecule has 0 aliphatic carbocycles. The molecule has 5 nitrogen and oxygen atoms in total. The van der Waals surface area contributed by atoms with Crippen molar-refractivity contribution in [3.8, 4) is 0 Å². The number of halogens is 7. The number of nitrogens with zero attached hydrogens (tertiary/aromatic N) is 1. The van der Waals surface area contributed by atoms with Crippen LogP contribution in [0.5, 0.6) is 0 Å². The average Bonchev–Trinajstić information content (AvgIpc) is 2.84. The third-order valence-corrected chi connectivity index (χ3v) is 8.18. The second-order valence-electron chi connectivity index (χ2n) is 9.05. The lowest BCUT2D eigenvalue weighted by atomic mass is 9.95. The molecule has 208 valence electrons.